The Morgan fingerprint density at radius 1 is 1.12 bits per heavy atom. The number of rotatable bonds is 13. The van der Waals surface area contributed by atoms with Crippen molar-refractivity contribution in [2.24, 2.45) is 0 Å². The predicted molar refractivity (Wildman–Crippen MR) is 160 cm³/mol. The molecule has 3 aromatic carbocycles. The number of aromatic hydroxyl groups is 1. The summed E-state index contributed by atoms with van der Waals surface area (Å²) >= 11 is 0. The fourth-order valence-electron chi connectivity index (χ4n) is 5.12. The number of ether oxygens (including phenoxy) is 2. The minimum absolute atomic E-state index is 0.0191. The van der Waals surface area contributed by atoms with Gasteiger partial charge in [-0.3, -0.25) is 4.79 Å². The van der Waals surface area contributed by atoms with Gasteiger partial charge in [-0.15, -0.1) is 0 Å². The van der Waals surface area contributed by atoms with Gasteiger partial charge in [0.05, 0.1) is 49.1 Å². The molecule has 0 amide bonds. The number of anilines is 2. The van der Waals surface area contributed by atoms with Crippen molar-refractivity contribution in [1.82, 2.24) is 4.31 Å². The zero-order valence-corrected chi connectivity index (χ0v) is 24.4. The maximum absolute atomic E-state index is 13.3. The zero-order chi connectivity index (χ0) is 29.4. The quantitative estimate of drug-likeness (QED) is 0.136. The molecular weight excluding hydrogens is 542 g/mol. The standard InChI is InChI=1S/C31H39N3O6S/c1-3-40-30(37)19-28(27-10-11-29(31(32)21(27)2)33-13-16-39-17-15-35)23-5-4-22-12-14-34(20-24(22)18-23)41(38)26-8-6-25(36)7-9-26/h4-11,18,28,33,35-36H,3,12-17,19-20,32H2,1-2H3. The molecule has 0 saturated carbocycles. The predicted octanol–water partition coefficient (Wildman–Crippen LogP) is 3.87. The lowest BCUT2D eigenvalue weighted by atomic mass is 9.83. The van der Waals surface area contributed by atoms with E-state index in [4.69, 9.17) is 20.3 Å². The number of hydrogen-bond donors (Lipinski definition) is 4. The Morgan fingerprint density at radius 3 is 2.63 bits per heavy atom. The van der Waals surface area contributed by atoms with Crippen molar-refractivity contribution in [3.05, 3.63) is 82.4 Å². The number of nitrogens with zero attached hydrogens (tertiary/aromatic N) is 1. The molecule has 4 rings (SSSR count). The van der Waals surface area contributed by atoms with Crippen LogP contribution in [0.4, 0.5) is 11.4 Å². The van der Waals surface area contributed by atoms with E-state index in [0.717, 1.165) is 34.4 Å². The lowest BCUT2D eigenvalue weighted by Gasteiger charge is -2.29. The van der Waals surface area contributed by atoms with E-state index < -0.39 is 11.0 Å². The second kappa shape index (κ2) is 14.5. The van der Waals surface area contributed by atoms with E-state index in [-0.39, 0.29) is 37.3 Å². The van der Waals surface area contributed by atoms with E-state index >= 15 is 0 Å². The van der Waals surface area contributed by atoms with Crippen molar-refractivity contribution in [1.29, 1.82) is 0 Å². The van der Waals surface area contributed by atoms with Gasteiger partial charge in [0.15, 0.2) is 0 Å². The molecule has 3 aromatic rings. The average molecular weight is 582 g/mol. The van der Waals surface area contributed by atoms with E-state index in [1.54, 1.807) is 31.2 Å². The van der Waals surface area contributed by atoms with Gasteiger partial charge in [-0.05, 0) is 78.4 Å². The minimum Gasteiger partial charge on any atom is -0.508 e. The fraction of sp³-hybridized carbons (Fsp3) is 0.387. The summed E-state index contributed by atoms with van der Waals surface area (Å²) < 4.78 is 25.9. The summed E-state index contributed by atoms with van der Waals surface area (Å²) in [6.45, 7) is 6.46. The van der Waals surface area contributed by atoms with Gasteiger partial charge in [-0.1, -0.05) is 24.3 Å². The first-order valence-corrected chi connectivity index (χ1v) is 15.0. The van der Waals surface area contributed by atoms with E-state index in [1.165, 1.54) is 5.56 Å². The molecule has 0 aliphatic carbocycles. The number of fused-ring (bicyclic) bond motifs is 1. The van der Waals surface area contributed by atoms with Gasteiger partial charge in [0.2, 0.25) is 0 Å². The number of hydrogen-bond acceptors (Lipinski definition) is 8. The van der Waals surface area contributed by atoms with E-state index in [2.05, 4.69) is 23.5 Å². The van der Waals surface area contributed by atoms with Gasteiger partial charge in [-0.25, -0.2) is 8.51 Å². The van der Waals surface area contributed by atoms with Crippen molar-refractivity contribution in [2.75, 3.05) is 50.6 Å². The van der Waals surface area contributed by atoms with Crippen molar-refractivity contribution in [2.45, 2.75) is 44.0 Å². The normalized spacial score (nSPS) is 14.7. The van der Waals surface area contributed by atoms with Crippen LogP contribution >= 0.6 is 0 Å². The van der Waals surface area contributed by atoms with E-state index in [0.29, 0.717) is 43.4 Å². The number of esters is 1. The number of carbonyl (C=O) groups is 1. The summed E-state index contributed by atoms with van der Waals surface area (Å²) in [7, 11) is -1.36. The van der Waals surface area contributed by atoms with Gasteiger partial charge >= 0.3 is 5.97 Å². The molecule has 1 aliphatic rings. The van der Waals surface area contributed by atoms with Crippen LogP contribution in [-0.4, -0.2) is 64.2 Å². The van der Waals surface area contributed by atoms with Crippen molar-refractivity contribution in [3.8, 4) is 5.75 Å². The molecule has 5 N–H and O–H groups in total. The number of nitrogens with two attached hydrogens (primary N) is 1. The lowest BCUT2D eigenvalue weighted by Crippen LogP contribution is -2.32. The highest BCUT2D eigenvalue weighted by Crippen LogP contribution is 2.37. The van der Waals surface area contributed by atoms with Crippen LogP contribution in [0.3, 0.4) is 0 Å². The Bertz CT molecular complexity index is 1360. The largest absolute Gasteiger partial charge is 0.508 e. The highest BCUT2D eigenvalue weighted by Gasteiger charge is 2.26. The Balaban J connectivity index is 1.60. The molecule has 0 radical (unpaired) electrons. The number of benzene rings is 3. The zero-order valence-electron chi connectivity index (χ0n) is 23.6. The van der Waals surface area contributed by atoms with Crippen molar-refractivity contribution in [3.63, 3.8) is 0 Å². The number of phenols is 1. The first-order valence-electron chi connectivity index (χ1n) is 13.9. The van der Waals surface area contributed by atoms with Gasteiger partial charge in [0, 0.05) is 25.6 Å². The molecule has 41 heavy (non-hydrogen) atoms. The molecule has 0 fully saturated rings. The SMILES string of the molecule is CCOC(=O)CC(c1ccc2c(c1)CN(S(=O)c1ccc(O)cc1)CC2)c1ccc(NCCOCCO)c(N)c1C. The topological polar surface area (TPSA) is 134 Å². The summed E-state index contributed by atoms with van der Waals surface area (Å²) in [4.78, 5) is 13.4. The van der Waals surface area contributed by atoms with Crippen LogP contribution in [0.2, 0.25) is 0 Å². The second-order valence-electron chi connectivity index (χ2n) is 9.95. The minimum atomic E-state index is -1.36. The third-order valence-electron chi connectivity index (χ3n) is 7.29. The van der Waals surface area contributed by atoms with Crippen LogP contribution in [-0.2, 0) is 38.2 Å². The Kier molecular flexibility index (Phi) is 10.8. The average Bonchev–Trinajstić information content (AvgIpc) is 2.98. The molecule has 1 heterocycles. The smallest absolute Gasteiger partial charge is 0.306 e. The van der Waals surface area contributed by atoms with Gasteiger partial charge in [0.25, 0.3) is 0 Å². The third kappa shape index (κ3) is 7.65. The van der Waals surface area contributed by atoms with Crippen LogP contribution in [0.15, 0.2) is 59.5 Å². The Hall–Kier alpha value is -3.44. The first kappa shape index (κ1) is 30.5. The summed E-state index contributed by atoms with van der Waals surface area (Å²) in [6, 6.07) is 16.6. The highest BCUT2D eigenvalue weighted by molar-refractivity contribution is 7.82. The van der Waals surface area contributed by atoms with Crippen LogP contribution in [0.1, 0.15) is 47.1 Å². The van der Waals surface area contributed by atoms with Crippen LogP contribution in [0.5, 0.6) is 5.75 Å². The summed E-state index contributed by atoms with van der Waals surface area (Å²) in [5, 5.41) is 21.8. The van der Waals surface area contributed by atoms with Crippen molar-refractivity contribution >= 4 is 28.3 Å². The monoisotopic (exact) mass is 581 g/mol. The number of carbonyl (C=O) groups excluding carboxylic acids is 1. The number of nitrogen functional groups attached to an aromatic ring is 1. The second-order valence-corrected chi connectivity index (χ2v) is 11.4. The van der Waals surface area contributed by atoms with Crippen LogP contribution in [0, 0.1) is 6.92 Å². The van der Waals surface area contributed by atoms with E-state index in [9.17, 15) is 14.1 Å². The number of aliphatic hydroxyl groups is 1. The van der Waals surface area contributed by atoms with Gasteiger partial charge in [0.1, 0.15) is 16.7 Å². The molecule has 0 saturated heterocycles. The van der Waals surface area contributed by atoms with Gasteiger partial charge < -0.3 is 30.7 Å². The Labute approximate surface area is 243 Å². The number of nitrogens with one attached hydrogen (secondary N) is 1. The molecule has 10 heteroatoms. The van der Waals surface area contributed by atoms with Gasteiger partial charge in [-0.2, -0.15) is 0 Å². The summed E-state index contributed by atoms with van der Waals surface area (Å²) in [5.74, 6) is -0.424. The first-order chi connectivity index (χ1) is 19.8. The molecule has 2 unspecified atom stereocenters. The number of aliphatic hydroxyl groups excluding tert-OH is 1. The molecule has 0 spiro atoms. The lowest BCUT2D eigenvalue weighted by molar-refractivity contribution is -0.143. The molecule has 0 bridgehead atoms. The number of phenolic OH excluding ortho intramolecular Hbond substituents is 1. The Morgan fingerprint density at radius 2 is 1.90 bits per heavy atom. The maximum Gasteiger partial charge on any atom is 0.306 e. The summed E-state index contributed by atoms with van der Waals surface area (Å²) in [6.07, 6.45) is 0.925. The fourth-order valence-corrected chi connectivity index (χ4v) is 6.30. The molecule has 2 atom stereocenters. The third-order valence-corrected chi connectivity index (χ3v) is 8.74. The maximum atomic E-state index is 13.3. The molecule has 0 aromatic heterocycles. The van der Waals surface area contributed by atoms with Crippen molar-refractivity contribution < 1.29 is 28.7 Å². The van der Waals surface area contributed by atoms with Crippen LogP contribution in [0.25, 0.3) is 0 Å². The molecule has 1 aliphatic heterocycles. The van der Waals surface area contributed by atoms with Crippen LogP contribution < -0.4 is 11.1 Å². The molecule has 220 valence electrons. The molecule has 9 nitrogen and oxygen atoms in total. The summed E-state index contributed by atoms with van der Waals surface area (Å²) in [5.41, 5.74) is 13.0. The highest BCUT2D eigenvalue weighted by atomic mass is 32.2. The molecular formula is C31H39N3O6S. The van der Waals surface area contributed by atoms with E-state index in [1.807, 2.05) is 23.4 Å².